The lowest BCUT2D eigenvalue weighted by Crippen LogP contribution is -2.05. The molecule has 0 aliphatic carbocycles. The van der Waals surface area contributed by atoms with Gasteiger partial charge in [-0.1, -0.05) is 17.7 Å². The van der Waals surface area contributed by atoms with Gasteiger partial charge in [0.05, 0.1) is 16.6 Å². The Labute approximate surface area is 86.6 Å². The average Bonchev–Trinajstić information content (AvgIpc) is 2.12. The maximum atomic E-state index is 11.3. The number of carbonyl (C=O) groups is 1. The minimum Gasteiger partial charge on any atom is -0.398 e. The molecule has 0 amide bonds. The second kappa shape index (κ2) is 3.99. The zero-order valence-electron chi connectivity index (χ0n) is 7.10. The van der Waals surface area contributed by atoms with Crippen LogP contribution in [0.2, 0.25) is 5.02 Å². The van der Waals surface area contributed by atoms with E-state index in [0.717, 1.165) is 5.56 Å². The van der Waals surface area contributed by atoms with Gasteiger partial charge in [-0.2, -0.15) is 0 Å². The number of alkyl halides is 1. The van der Waals surface area contributed by atoms with Crippen LogP contribution < -0.4 is 5.73 Å². The fraction of sp³-hybridized carbons (Fsp3) is 0.222. The largest absolute Gasteiger partial charge is 0.398 e. The van der Waals surface area contributed by atoms with Crippen molar-refractivity contribution < 1.29 is 4.79 Å². The van der Waals surface area contributed by atoms with E-state index in [1.165, 1.54) is 0 Å². The summed E-state index contributed by atoms with van der Waals surface area (Å²) < 4.78 is 0. The van der Waals surface area contributed by atoms with Crippen LogP contribution in [-0.2, 0) is 0 Å². The molecule has 0 bridgehead atoms. The van der Waals surface area contributed by atoms with Gasteiger partial charge in [-0.3, -0.25) is 4.79 Å². The number of nitrogens with two attached hydrogens (primary N) is 1. The summed E-state index contributed by atoms with van der Waals surface area (Å²) in [6.45, 7) is 1.80. The van der Waals surface area contributed by atoms with E-state index in [4.69, 9.17) is 28.9 Å². The fourth-order valence-corrected chi connectivity index (χ4v) is 1.55. The van der Waals surface area contributed by atoms with E-state index in [2.05, 4.69) is 0 Å². The SMILES string of the molecule is Cc1ccc(N)c(Cl)c1C(=O)CCl. The van der Waals surface area contributed by atoms with Crippen LogP contribution in [0.15, 0.2) is 12.1 Å². The summed E-state index contributed by atoms with van der Waals surface area (Å²) in [5.74, 6) is -0.277. The molecule has 1 aromatic carbocycles. The standard InChI is InChI=1S/C9H9Cl2NO/c1-5-2-3-6(12)9(11)8(5)7(13)4-10/h2-3H,4,12H2,1H3. The maximum absolute atomic E-state index is 11.3. The van der Waals surface area contributed by atoms with Crippen LogP contribution in [0.3, 0.4) is 0 Å². The lowest BCUT2D eigenvalue weighted by Gasteiger charge is -2.07. The van der Waals surface area contributed by atoms with Gasteiger partial charge in [0.2, 0.25) is 0 Å². The van der Waals surface area contributed by atoms with Gasteiger partial charge in [-0.15, -0.1) is 11.6 Å². The van der Waals surface area contributed by atoms with Crippen LogP contribution in [0.5, 0.6) is 0 Å². The number of carbonyl (C=O) groups excluding carboxylic acids is 1. The molecule has 0 aliphatic rings. The summed E-state index contributed by atoms with van der Waals surface area (Å²) in [6, 6.07) is 3.42. The smallest absolute Gasteiger partial charge is 0.179 e. The first kappa shape index (κ1) is 10.4. The monoisotopic (exact) mass is 217 g/mol. The molecule has 13 heavy (non-hydrogen) atoms. The van der Waals surface area contributed by atoms with Crippen LogP contribution >= 0.6 is 23.2 Å². The Morgan fingerprint density at radius 1 is 1.54 bits per heavy atom. The highest BCUT2D eigenvalue weighted by Gasteiger charge is 2.13. The van der Waals surface area contributed by atoms with E-state index >= 15 is 0 Å². The lowest BCUT2D eigenvalue weighted by molar-refractivity contribution is 0.102. The second-order valence-electron chi connectivity index (χ2n) is 2.72. The Balaban J connectivity index is 3.33. The Hall–Kier alpha value is -0.730. The van der Waals surface area contributed by atoms with Gasteiger partial charge >= 0.3 is 0 Å². The van der Waals surface area contributed by atoms with Gasteiger partial charge in [0.25, 0.3) is 0 Å². The molecule has 1 aromatic rings. The zero-order chi connectivity index (χ0) is 10.0. The molecule has 2 nitrogen and oxygen atoms in total. The van der Waals surface area contributed by atoms with E-state index in [1.807, 2.05) is 0 Å². The molecule has 0 unspecified atom stereocenters. The summed E-state index contributed by atoms with van der Waals surface area (Å²) in [7, 11) is 0. The topological polar surface area (TPSA) is 43.1 Å². The van der Waals surface area contributed by atoms with Gasteiger partial charge in [0.1, 0.15) is 0 Å². The minimum absolute atomic E-state index is 0.0794. The number of halogens is 2. The van der Waals surface area contributed by atoms with Gasteiger partial charge in [-0.25, -0.2) is 0 Å². The van der Waals surface area contributed by atoms with Crippen molar-refractivity contribution in [3.8, 4) is 0 Å². The number of aryl methyl sites for hydroxylation is 1. The first-order valence-corrected chi connectivity index (χ1v) is 4.63. The summed E-state index contributed by atoms with van der Waals surface area (Å²) in [4.78, 5) is 11.3. The van der Waals surface area contributed by atoms with Crippen molar-refractivity contribution in [2.75, 3.05) is 11.6 Å². The molecule has 0 atom stereocenters. The molecule has 0 aromatic heterocycles. The normalized spacial score (nSPS) is 10.1. The van der Waals surface area contributed by atoms with Crippen molar-refractivity contribution in [1.29, 1.82) is 0 Å². The van der Waals surface area contributed by atoms with Gasteiger partial charge < -0.3 is 5.73 Å². The van der Waals surface area contributed by atoms with E-state index < -0.39 is 0 Å². The molecule has 1 rings (SSSR count). The summed E-state index contributed by atoms with van der Waals surface area (Å²) >= 11 is 11.3. The highest BCUT2D eigenvalue weighted by molar-refractivity contribution is 6.39. The molecule has 4 heteroatoms. The Morgan fingerprint density at radius 3 is 2.69 bits per heavy atom. The van der Waals surface area contributed by atoms with E-state index in [9.17, 15) is 4.79 Å². The zero-order valence-corrected chi connectivity index (χ0v) is 8.62. The highest BCUT2D eigenvalue weighted by atomic mass is 35.5. The van der Waals surface area contributed by atoms with Crippen molar-refractivity contribution in [3.05, 3.63) is 28.3 Å². The van der Waals surface area contributed by atoms with Crippen molar-refractivity contribution in [2.24, 2.45) is 0 Å². The van der Waals surface area contributed by atoms with Crippen LogP contribution in [0.4, 0.5) is 5.69 Å². The molecule has 0 heterocycles. The molecule has 0 saturated heterocycles. The first-order valence-electron chi connectivity index (χ1n) is 3.71. The summed E-state index contributed by atoms with van der Waals surface area (Å²) in [5.41, 5.74) is 7.18. The highest BCUT2D eigenvalue weighted by Crippen LogP contribution is 2.26. The van der Waals surface area contributed by atoms with Crippen LogP contribution in [0.1, 0.15) is 15.9 Å². The quantitative estimate of drug-likeness (QED) is 0.471. The van der Waals surface area contributed by atoms with Gasteiger partial charge in [-0.05, 0) is 18.6 Å². The number of nitrogen functional groups attached to an aromatic ring is 1. The van der Waals surface area contributed by atoms with E-state index in [1.54, 1.807) is 19.1 Å². The van der Waals surface area contributed by atoms with E-state index in [0.29, 0.717) is 16.3 Å². The van der Waals surface area contributed by atoms with Crippen molar-refractivity contribution >= 4 is 34.7 Å². The number of hydrogen-bond donors (Lipinski definition) is 1. The molecule has 0 radical (unpaired) electrons. The number of benzene rings is 1. The van der Waals surface area contributed by atoms with Crippen molar-refractivity contribution in [3.63, 3.8) is 0 Å². The summed E-state index contributed by atoms with van der Waals surface area (Å²) in [6.07, 6.45) is 0. The Bertz CT molecular complexity index is 350. The second-order valence-corrected chi connectivity index (χ2v) is 3.36. The van der Waals surface area contributed by atoms with Crippen LogP contribution in [0.25, 0.3) is 0 Å². The predicted octanol–water partition coefficient (Wildman–Crippen LogP) is 2.65. The number of rotatable bonds is 2. The number of anilines is 1. The third kappa shape index (κ3) is 1.95. The Morgan fingerprint density at radius 2 is 2.15 bits per heavy atom. The molecule has 0 aliphatic heterocycles. The third-order valence-electron chi connectivity index (χ3n) is 1.78. The third-order valence-corrected chi connectivity index (χ3v) is 2.43. The number of hydrogen-bond acceptors (Lipinski definition) is 2. The van der Waals surface area contributed by atoms with Crippen molar-refractivity contribution in [1.82, 2.24) is 0 Å². The van der Waals surface area contributed by atoms with Gasteiger partial charge in [0.15, 0.2) is 5.78 Å². The van der Waals surface area contributed by atoms with E-state index in [-0.39, 0.29) is 11.7 Å². The molecule has 0 spiro atoms. The fourth-order valence-electron chi connectivity index (χ4n) is 1.10. The first-order chi connectivity index (χ1) is 6.07. The molecule has 2 N–H and O–H groups in total. The van der Waals surface area contributed by atoms with Crippen LogP contribution in [0, 0.1) is 6.92 Å². The number of ketones is 1. The average molecular weight is 218 g/mol. The molecular weight excluding hydrogens is 209 g/mol. The summed E-state index contributed by atoms with van der Waals surface area (Å²) in [5, 5.41) is 0.297. The molecule has 70 valence electrons. The minimum atomic E-state index is -0.198. The molecule has 0 saturated carbocycles. The molecule has 0 fully saturated rings. The maximum Gasteiger partial charge on any atom is 0.179 e. The number of Topliss-reactive ketones (excluding diaryl/α,β-unsaturated/α-hetero) is 1. The predicted molar refractivity (Wildman–Crippen MR) is 55.7 cm³/mol. The molecular formula is C9H9Cl2NO. The Kier molecular flexibility index (Phi) is 3.17. The van der Waals surface area contributed by atoms with Gasteiger partial charge in [0, 0.05) is 5.56 Å². The lowest BCUT2D eigenvalue weighted by atomic mass is 10.0. The van der Waals surface area contributed by atoms with Crippen LogP contribution in [-0.4, -0.2) is 11.7 Å². The van der Waals surface area contributed by atoms with Crippen molar-refractivity contribution in [2.45, 2.75) is 6.92 Å².